The first-order valence-corrected chi connectivity index (χ1v) is 6.58. The van der Waals surface area contributed by atoms with Crippen LogP contribution < -0.4 is 0 Å². The molecule has 1 fully saturated rings. The van der Waals surface area contributed by atoms with Gasteiger partial charge in [0.2, 0.25) is 0 Å². The molecule has 0 amide bonds. The predicted octanol–water partition coefficient (Wildman–Crippen LogP) is 4.63. The molecule has 19 heavy (non-hydrogen) atoms. The normalized spacial score (nSPS) is 14.7. The Morgan fingerprint density at radius 3 is 2.58 bits per heavy atom. The first kappa shape index (κ1) is 11.9. The van der Waals surface area contributed by atoms with E-state index in [0.717, 1.165) is 5.56 Å². The molecule has 0 radical (unpaired) electrons. The van der Waals surface area contributed by atoms with E-state index >= 15 is 0 Å². The number of hydrogen-bond donors (Lipinski definition) is 0. The van der Waals surface area contributed by atoms with Crippen molar-refractivity contribution in [2.45, 2.75) is 25.2 Å². The minimum atomic E-state index is -0.450. The lowest BCUT2D eigenvalue weighted by Gasteiger charge is -2.26. The molecule has 0 saturated heterocycles. The molecule has 1 nitrogen and oxygen atoms in total. The molecule has 0 unspecified atom stereocenters. The fraction of sp³-hybridized carbons (Fsp3) is 0.235. The van der Waals surface area contributed by atoms with Crippen LogP contribution in [-0.2, 0) is 0 Å². The van der Waals surface area contributed by atoms with Gasteiger partial charge < -0.3 is 0 Å². The fourth-order valence-corrected chi connectivity index (χ4v) is 2.58. The molecule has 1 aliphatic carbocycles. The van der Waals surface area contributed by atoms with Crippen molar-refractivity contribution in [1.82, 2.24) is 0 Å². The second kappa shape index (κ2) is 4.85. The third-order valence-corrected chi connectivity index (χ3v) is 3.90. The first-order valence-electron chi connectivity index (χ1n) is 6.58. The van der Waals surface area contributed by atoms with Gasteiger partial charge in [0.1, 0.15) is 11.9 Å². The van der Waals surface area contributed by atoms with Gasteiger partial charge in [0.15, 0.2) is 0 Å². The van der Waals surface area contributed by atoms with Crippen LogP contribution in [0.1, 0.15) is 36.3 Å². The van der Waals surface area contributed by atoms with Gasteiger partial charge in [-0.3, -0.25) is 0 Å². The van der Waals surface area contributed by atoms with Crippen LogP contribution in [0, 0.1) is 17.1 Å². The third kappa shape index (κ3) is 2.13. The molecular formula is C17H14FN. The Bertz CT molecular complexity index is 651. The zero-order valence-corrected chi connectivity index (χ0v) is 10.6. The number of nitrogens with zero attached hydrogens (tertiary/aromatic N) is 1. The Labute approximate surface area is 112 Å². The van der Waals surface area contributed by atoms with Gasteiger partial charge in [-0.1, -0.05) is 42.8 Å². The molecule has 1 saturated carbocycles. The number of benzene rings is 2. The fourth-order valence-electron chi connectivity index (χ4n) is 2.58. The lowest BCUT2D eigenvalue weighted by atomic mass is 9.79. The second-order valence-corrected chi connectivity index (χ2v) is 5.03. The van der Waals surface area contributed by atoms with Crippen LogP contribution >= 0.6 is 0 Å². The van der Waals surface area contributed by atoms with Crippen LogP contribution in [0.2, 0.25) is 0 Å². The Hall–Kier alpha value is -2.14. The highest BCUT2D eigenvalue weighted by Crippen LogP contribution is 2.38. The van der Waals surface area contributed by atoms with E-state index < -0.39 is 5.82 Å². The maximum absolute atomic E-state index is 13.7. The highest BCUT2D eigenvalue weighted by Gasteiger charge is 2.20. The highest BCUT2D eigenvalue weighted by molar-refractivity contribution is 5.71. The Balaban J connectivity index is 2.07. The summed E-state index contributed by atoms with van der Waals surface area (Å²) in [5.41, 5.74) is 3.05. The maximum atomic E-state index is 13.7. The van der Waals surface area contributed by atoms with Crippen molar-refractivity contribution in [3.05, 3.63) is 59.4 Å². The highest BCUT2D eigenvalue weighted by atomic mass is 19.1. The van der Waals surface area contributed by atoms with E-state index in [0.29, 0.717) is 11.5 Å². The van der Waals surface area contributed by atoms with Crippen LogP contribution in [0.3, 0.4) is 0 Å². The molecule has 2 aromatic rings. The summed E-state index contributed by atoms with van der Waals surface area (Å²) < 4.78 is 13.7. The van der Waals surface area contributed by atoms with E-state index in [2.05, 4.69) is 12.1 Å². The van der Waals surface area contributed by atoms with Gasteiger partial charge in [0.25, 0.3) is 0 Å². The van der Waals surface area contributed by atoms with E-state index in [1.165, 1.54) is 30.9 Å². The van der Waals surface area contributed by atoms with Crippen molar-refractivity contribution in [3.8, 4) is 17.2 Å². The van der Waals surface area contributed by atoms with Crippen LogP contribution in [0.15, 0.2) is 42.5 Å². The van der Waals surface area contributed by atoms with Gasteiger partial charge in [-0.15, -0.1) is 0 Å². The summed E-state index contributed by atoms with van der Waals surface area (Å²) in [6.45, 7) is 0. The van der Waals surface area contributed by atoms with Gasteiger partial charge in [-0.2, -0.15) is 5.26 Å². The molecule has 0 spiro atoms. The molecule has 1 aliphatic rings. The van der Waals surface area contributed by atoms with Gasteiger partial charge in [0, 0.05) is 5.56 Å². The van der Waals surface area contributed by atoms with E-state index in [9.17, 15) is 4.39 Å². The van der Waals surface area contributed by atoms with E-state index in [1.54, 1.807) is 6.07 Å². The van der Waals surface area contributed by atoms with Crippen molar-refractivity contribution in [2.24, 2.45) is 0 Å². The van der Waals surface area contributed by atoms with E-state index in [4.69, 9.17) is 5.26 Å². The molecule has 0 aromatic heterocycles. The van der Waals surface area contributed by atoms with Gasteiger partial charge in [-0.25, -0.2) is 4.39 Å². The zero-order chi connectivity index (χ0) is 13.2. The average Bonchev–Trinajstić information content (AvgIpc) is 2.37. The predicted molar refractivity (Wildman–Crippen MR) is 73.1 cm³/mol. The second-order valence-electron chi connectivity index (χ2n) is 5.03. The van der Waals surface area contributed by atoms with Gasteiger partial charge in [-0.05, 0) is 36.0 Å². The zero-order valence-electron chi connectivity index (χ0n) is 10.6. The maximum Gasteiger partial charge on any atom is 0.141 e. The topological polar surface area (TPSA) is 23.8 Å². The molecule has 0 atom stereocenters. The summed E-state index contributed by atoms with van der Waals surface area (Å²) in [4.78, 5) is 0. The van der Waals surface area contributed by atoms with Crippen LogP contribution in [-0.4, -0.2) is 0 Å². The lowest BCUT2D eigenvalue weighted by molar-refractivity contribution is 0.420. The van der Waals surface area contributed by atoms with E-state index in [1.807, 2.05) is 24.3 Å². The van der Waals surface area contributed by atoms with Crippen LogP contribution in [0.4, 0.5) is 4.39 Å². The molecule has 2 heteroatoms. The van der Waals surface area contributed by atoms with Gasteiger partial charge >= 0.3 is 0 Å². The molecule has 2 aromatic carbocycles. The standard InChI is InChI=1S/C17H14FN/c18-17-9-3-8-15(16(17)11-19)14-7-2-6-13(10-14)12-4-1-5-12/h2-3,6-10,12H,1,4-5H2. The molecule has 0 heterocycles. The minimum absolute atomic E-state index is 0.133. The summed E-state index contributed by atoms with van der Waals surface area (Å²) >= 11 is 0. The Morgan fingerprint density at radius 1 is 1.11 bits per heavy atom. The number of rotatable bonds is 2. The average molecular weight is 251 g/mol. The summed E-state index contributed by atoms with van der Waals surface area (Å²) in [6, 6.07) is 14.9. The quantitative estimate of drug-likeness (QED) is 0.763. The monoisotopic (exact) mass is 251 g/mol. The molecular weight excluding hydrogens is 237 g/mol. The summed E-state index contributed by atoms with van der Waals surface area (Å²) in [5, 5.41) is 9.11. The van der Waals surface area contributed by atoms with Crippen molar-refractivity contribution < 1.29 is 4.39 Å². The minimum Gasteiger partial charge on any atom is -0.206 e. The third-order valence-electron chi connectivity index (χ3n) is 3.90. The number of hydrogen-bond acceptors (Lipinski definition) is 1. The van der Waals surface area contributed by atoms with E-state index in [-0.39, 0.29) is 5.56 Å². The van der Waals surface area contributed by atoms with Crippen molar-refractivity contribution in [1.29, 1.82) is 5.26 Å². The van der Waals surface area contributed by atoms with Crippen LogP contribution in [0.25, 0.3) is 11.1 Å². The molecule has 3 rings (SSSR count). The smallest absolute Gasteiger partial charge is 0.141 e. The SMILES string of the molecule is N#Cc1c(F)cccc1-c1cccc(C2CCC2)c1. The summed E-state index contributed by atoms with van der Waals surface area (Å²) in [6.07, 6.45) is 3.76. The van der Waals surface area contributed by atoms with Crippen molar-refractivity contribution in [3.63, 3.8) is 0 Å². The van der Waals surface area contributed by atoms with Crippen LogP contribution in [0.5, 0.6) is 0 Å². The first-order chi connectivity index (χ1) is 9.29. The van der Waals surface area contributed by atoms with Crippen molar-refractivity contribution >= 4 is 0 Å². The summed E-state index contributed by atoms with van der Waals surface area (Å²) in [7, 11) is 0. The van der Waals surface area contributed by atoms with Crippen molar-refractivity contribution in [2.75, 3.05) is 0 Å². The Kier molecular flexibility index (Phi) is 3.05. The Morgan fingerprint density at radius 2 is 1.89 bits per heavy atom. The summed E-state index contributed by atoms with van der Waals surface area (Å²) in [5.74, 6) is 0.188. The molecule has 0 aliphatic heterocycles. The molecule has 0 bridgehead atoms. The molecule has 0 N–H and O–H groups in total. The number of halogens is 1. The lowest BCUT2D eigenvalue weighted by Crippen LogP contribution is -2.08. The molecule has 94 valence electrons. The largest absolute Gasteiger partial charge is 0.206 e. The number of nitriles is 1. The van der Waals surface area contributed by atoms with Gasteiger partial charge in [0.05, 0.1) is 5.56 Å².